The van der Waals surface area contributed by atoms with Crippen molar-refractivity contribution in [1.29, 1.82) is 0 Å². The van der Waals surface area contributed by atoms with E-state index >= 15 is 0 Å². The summed E-state index contributed by atoms with van der Waals surface area (Å²) in [6.45, 7) is 0. The average Bonchev–Trinajstić information content (AvgIpc) is 1.96. The third-order valence-corrected chi connectivity index (χ3v) is 1.92. The normalized spacial score (nSPS) is 12.6. The summed E-state index contributed by atoms with van der Waals surface area (Å²) in [5.74, 6) is -6.11. The van der Waals surface area contributed by atoms with E-state index in [0.717, 1.165) is 0 Å². The molecule has 0 heterocycles. The third kappa shape index (κ3) is 12.2. The van der Waals surface area contributed by atoms with Gasteiger partial charge in [-0.25, -0.2) is 4.57 Å². The molecule has 0 bridgehead atoms. The van der Waals surface area contributed by atoms with Crippen molar-refractivity contribution in [3.8, 4) is 0 Å². The number of carbonyl (C=O) groups is 3. The van der Waals surface area contributed by atoms with Crippen molar-refractivity contribution in [2.45, 2.75) is 18.4 Å². The van der Waals surface area contributed by atoms with E-state index in [0.29, 0.717) is 0 Å². The number of hydrogen-bond donors (Lipinski definition) is 4. The minimum Gasteiger partial charge on any atom is -0.550 e. The molecule has 14 heteroatoms. The Morgan fingerprint density at radius 3 is 1.75 bits per heavy atom. The fourth-order valence-corrected chi connectivity index (χ4v) is 1.18. The van der Waals surface area contributed by atoms with Gasteiger partial charge >= 0.3 is 72.9 Å². The molecule has 1 unspecified atom stereocenters. The van der Waals surface area contributed by atoms with Gasteiger partial charge in [-0.1, -0.05) is 0 Å². The van der Waals surface area contributed by atoms with Gasteiger partial charge < -0.3 is 35.6 Å². The van der Waals surface area contributed by atoms with E-state index in [-0.39, 0.29) is 65.3 Å². The van der Waals surface area contributed by atoms with Crippen LogP contribution in [0.1, 0.15) is 12.8 Å². The zero-order chi connectivity index (χ0) is 13.9. The summed E-state index contributed by atoms with van der Waals surface area (Å²) in [5, 5.41) is 29.7. The van der Waals surface area contributed by atoms with Gasteiger partial charge in [0.25, 0.3) is 0 Å². The summed E-state index contributed by atoms with van der Waals surface area (Å²) in [4.78, 5) is 47.7. The van der Waals surface area contributed by atoms with Crippen molar-refractivity contribution in [2.75, 3.05) is 0 Å². The van der Waals surface area contributed by atoms with Gasteiger partial charge in [0.1, 0.15) is 5.60 Å². The fourth-order valence-electron chi connectivity index (χ4n) is 0.849. The molecule has 11 nitrogen and oxygen atoms in total. The fraction of sp³-hybridized carbons (Fsp3) is 0.500. The first-order valence-corrected chi connectivity index (χ1v) is 5.41. The van der Waals surface area contributed by atoms with Crippen LogP contribution in [0.4, 0.5) is 0 Å². The van der Waals surface area contributed by atoms with E-state index in [2.05, 4.69) is 4.52 Å². The molecule has 0 aliphatic rings. The first kappa shape index (κ1) is 28.6. The molecule has 0 saturated carbocycles. The third-order valence-electron chi connectivity index (χ3n) is 1.47. The number of rotatable bonds is 6. The van der Waals surface area contributed by atoms with Crippen molar-refractivity contribution in [3.05, 3.63) is 0 Å². The molecule has 0 aromatic carbocycles. The maximum atomic E-state index is 10.8. The number of phosphoric acid groups is 1. The zero-order valence-corrected chi connectivity index (χ0v) is 15.7. The summed E-state index contributed by atoms with van der Waals surface area (Å²) < 4.78 is 13.6. The van der Waals surface area contributed by atoms with Crippen LogP contribution in [0, 0.1) is 0 Å². The van der Waals surface area contributed by atoms with E-state index in [4.69, 9.17) is 9.79 Å². The van der Waals surface area contributed by atoms with Gasteiger partial charge in [-0.2, -0.15) is 0 Å². The van der Waals surface area contributed by atoms with Gasteiger partial charge in [0.05, 0.1) is 12.4 Å². The van der Waals surface area contributed by atoms with E-state index < -0.39 is 44.2 Å². The maximum Gasteiger partial charge on any atom is 1.00 e. The number of hydrogen-bond acceptors (Lipinski definition) is 9. The van der Waals surface area contributed by atoms with E-state index in [9.17, 15) is 34.3 Å². The molecule has 106 valence electrons. The van der Waals surface area contributed by atoms with Crippen LogP contribution < -0.4 is 75.5 Å². The molecule has 0 fully saturated rings. The first-order chi connectivity index (χ1) is 7.46. The SMILES string of the molecule is N.O=C([O-])CC(O)(CC(=O)OP(=O)(O)O)C(=O)[O-].[Na+].[Na+]. The maximum absolute atomic E-state index is 10.8. The van der Waals surface area contributed by atoms with Crippen LogP contribution in [-0.2, 0) is 23.5 Å². The van der Waals surface area contributed by atoms with Crippen LogP contribution >= 0.6 is 7.82 Å². The van der Waals surface area contributed by atoms with E-state index in [1.54, 1.807) is 0 Å². The molecule has 0 saturated heterocycles. The predicted molar refractivity (Wildman–Crippen MR) is 47.4 cm³/mol. The minimum atomic E-state index is -5.21. The minimum absolute atomic E-state index is 0. The Kier molecular flexibility index (Phi) is 15.9. The Balaban J connectivity index is -0.000000427. The van der Waals surface area contributed by atoms with Crippen LogP contribution in [0.3, 0.4) is 0 Å². The Morgan fingerprint density at radius 2 is 1.50 bits per heavy atom. The quantitative estimate of drug-likeness (QED) is 0.264. The summed E-state index contributed by atoms with van der Waals surface area (Å²) in [6.07, 6.45) is -3.00. The number of phosphoric ester groups is 1. The number of aliphatic hydroxyl groups is 1. The van der Waals surface area contributed by atoms with Crippen molar-refractivity contribution in [3.63, 3.8) is 0 Å². The number of aliphatic carboxylic acids is 2. The van der Waals surface area contributed by atoms with Crippen molar-refractivity contribution in [1.82, 2.24) is 6.15 Å². The van der Waals surface area contributed by atoms with E-state index in [1.807, 2.05) is 0 Å². The van der Waals surface area contributed by atoms with Crippen molar-refractivity contribution in [2.24, 2.45) is 0 Å². The smallest absolute Gasteiger partial charge is 0.550 e. The number of carboxylic acids is 2. The molecule has 0 spiro atoms. The Bertz CT molecular complexity index is 397. The van der Waals surface area contributed by atoms with Gasteiger partial charge in [0.15, 0.2) is 0 Å². The molecular weight excluding hydrogens is 323 g/mol. The second-order valence-electron chi connectivity index (χ2n) is 3.00. The molecule has 0 aliphatic heterocycles. The molecule has 0 aromatic heterocycles. The summed E-state index contributed by atoms with van der Waals surface area (Å²) in [6, 6.07) is 0. The van der Waals surface area contributed by atoms with Crippen molar-refractivity contribution >= 4 is 25.7 Å². The monoisotopic (exact) mass is 333 g/mol. The van der Waals surface area contributed by atoms with Gasteiger partial charge in [-0.3, -0.25) is 14.6 Å². The summed E-state index contributed by atoms with van der Waals surface area (Å²) >= 11 is 0. The van der Waals surface area contributed by atoms with Gasteiger partial charge in [0.2, 0.25) is 0 Å². The van der Waals surface area contributed by atoms with E-state index in [1.165, 1.54) is 0 Å². The topological polar surface area (TPSA) is 219 Å². The summed E-state index contributed by atoms with van der Waals surface area (Å²) in [5.41, 5.74) is -3.16. The molecule has 0 radical (unpaired) electrons. The molecule has 0 rings (SSSR count). The van der Waals surface area contributed by atoms with Crippen LogP contribution in [0.5, 0.6) is 0 Å². The van der Waals surface area contributed by atoms with Crippen molar-refractivity contribution < 1.29 is 108 Å². The Hall–Kier alpha value is 0.480. The molecule has 0 amide bonds. The Labute approximate surface area is 157 Å². The molecular formula is C6H10NNa2O10P. The van der Waals surface area contributed by atoms with Crippen LogP contribution in [-0.4, -0.2) is 38.4 Å². The molecule has 1 atom stereocenters. The Morgan fingerprint density at radius 1 is 1.10 bits per heavy atom. The second-order valence-corrected chi connectivity index (χ2v) is 4.16. The van der Waals surface area contributed by atoms with Crippen LogP contribution in [0.2, 0.25) is 0 Å². The van der Waals surface area contributed by atoms with Crippen LogP contribution in [0.15, 0.2) is 0 Å². The van der Waals surface area contributed by atoms with Crippen LogP contribution in [0.25, 0.3) is 0 Å². The zero-order valence-electron chi connectivity index (χ0n) is 10.8. The number of carboxylic acid groups (broad SMARTS) is 2. The summed E-state index contributed by atoms with van der Waals surface area (Å²) in [7, 11) is -5.21. The number of carbonyl (C=O) groups excluding carboxylic acids is 3. The second kappa shape index (κ2) is 11.1. The molecule has 0 aromatic rings. The molecule has 0 aliphatic carbocycles. The molecule has 6 N–H and O–H groups in total. The van der Waals surface area contributed by atoms with Gasteiger partial charge in [0, 0.05) is 12.4 Å². The standard InChI is InChI=1S/C6H9O10P.H3N.2Na/c7-3(8)1-6(12,5(10)11)2-4(9)16-17(13,14)15;;;/h12H,1-2H2,(H,7,8)(H,10,11)(H2,13,14,15);1H3;;/q;;2*+1/p-2. The predicted octanol–water partition coefficient (Wildman–Crippen LogP) is -10.2. The van der Waals surface area contributed by atoms with Gasteiger partial charge in [-0.05, 0) is 0 Å². The van der Waals surface area contributed by atoms with Gasteiger partial charge in [-0.15, -0.1) is 0 Å². The molecule has 20 heavy (non-hydrogen) atoms. The average molecular weight is 333 g/mol. The largest absolute Gasteiger partial charge is 1.00 e. The first-order valence-electron chi connectivity index (χ1n) is 3.88.